The largest absolute Gasteiger partial charge is 0.444 e. The average molecular weight is 510 g/mol. The van der Waals surface area contributed by atoms with Gasteiger partial charge in [-0.1, -0.05) is 61.0 Å². The summed E-state index contributed by atoms with van der Waals surface area (Å²) in [5, 5.41) is 14.9. The van der Waals surface area contributed by atoms with Gasteiger partial charge in [-0.3, -0.25) is 19.9 Å². The lowest BCUT2D eigenvalue weighted by Crippen LogP contribution is -2.27. The van der Waals surface area contributed by atoms with Crippen LogP contribution in [0.1, 0.15) is 58.1 Å². The molecule has 1 amide bonds. The summed E-state index contributed by atoms with van der Waals surface area (Å²) < 4.78 is 5.95. The van der Waals surface area contributed by atoms with Crippen molar-refractivity contribution in [2.75, 3.05) is 5.32 Å². The van der Waals surface area contributed by atoms with Crippen molar-refractivity contribution in [3.63, 3.8) is 0 Å². The van der Waals surface area contributed by atoms with E-state index in [-0.39, 0.29) is 11.4 Å². The van der Waals surface area contributed by atoms with E-state index in [1.54, 1.807) is 43.3 Å². The van der Waals surface area contributed by atoms with Gasteiger partial charge in [-0.15, -0.1) is 0 Å². The SMILES string of the molecule is Cc1ccc(NC(=O)[C@H](OC(=O)c2c3c(nc4ccccc24)CCCCC3)c2ccccc2)c([N+](=O)[O-])c1. The maximum Gasteiger partial charge on any atom is 0.340 e. The number of aromatic nitrogens is 1. The molecule has 0 saturated heterocycles. The van der Waals surface area contributed by atoms with Gasteiger partial charge >= 0.3 is 5.97 Å². The van der Waals surface area contributed by atoms with E-state index in [0.29, 0.717) is 34.0 Å². The van der Waals surface area contributed by atoms with Crippen LogP contribution in [0.25, 0.3) is 10.9 Å². The molecular formula is C30H27N3O5. The number of anilines is 1. The first-order valence-electron chi connectivity index (χ1n) is 12.6. The molecule has 1 aliphatic rings. The smallest absolute Gasteiger partial charge is 0.340 e. The third-order valence-corrected chi connectivity index (χ3v) is 6.80. The van der Waals surface area contributed by atoms with E-state index in [4.69, 9.17) is 9.72 Å². The van der Waals surface area contributed by atoms with E-state index in [1.165, 1.54) is 12.1 Å². The van der Waals surface area contributed by atoms with Gasteiger partial charge in [-0.2, -0.15) is 0 Å². The average Bonchev–Trinajstić information content (AvgIpc) is 3.16. The summed E-state index contributed by atoms with van der Waals surface area (Å²) in [6, 6.07) is 20.6. The lowest BCUT2D eigenvalue weighted by molar-refractivity contribution is -0.384. The van der Waals surface area contributed by atoms with Crippen LogP contribution in [-0.4, -0.2) is 21.8 Å². The Hall–Kier alpha value is -4.59. The first-order chi connectivity index (χ1) is 18.4. The van der Waals surface area contributed by atoms with Gasteiger partial charge in [0.15, 0.2) is 0 Å². The molecule has 0 saturated carbocycles. The number of carbonyl (C=O) groups is 2. The first-order valence-corrected chi connectivity index (χ1v) is 12.6. The molecule has 8 heteroatoms. The van der Waals surface area contributed by atoms with Crippen molar-refractivity contribution >= 4 is 34.2 Å². The van der Waals surface area contributed by atoms with Gasteiger partial charge in [0.2, 0.25) is 6.10 Å². The molecule has 38 heavy (non-hydrogen) atoms. The maximum atomic E-state index is 13.9. The van der Waals surface area contributed by atoms with Crippen molar-refractivity contribution in [1.82, 2.24) is 4.98 Å². The number of ether oxygens (including phenoxy) is 1. The van der Waals surface area contributed by atoms with Crippen LogP contribution >= 0.6 is 0 Å². The van der Waals surface area contributed by atoms with Crippen molar-refractivity contribution in [1.29, 1.82) is 0 Å². The molecule has 0 bridgehead atoms. The monoisotopic (exact) mass is 509 g/mol. The number of nitrogens with zero attached hydrogens (tertiary/aromatic N) is 2. The molecule has 1 heterocycles. The summed E-state index contributed by atoms with van der Waals surface area (Å²) in [5.74, 6) is -1.30. The summed E-state index contributed by atoms with van der Waals surface area (Å²) in [6.07, 6.45) is 3.14. The Morgan fingerprint density at radius 2 is 1.71 bits per heavy atom. The van der Waals surface area contributed by atoms with Gasteiger partial charge in [-0.25, -0.2) is 4.79 Å². The zero-order chi connectivity index (χ0) is 26.6. The Bertz CT molecular complexity index is 1530. The number of nitrogens with one attached hydrogen (secondary N) is 1. The maximum absolute atomic E-state index is 13.9. The number of pyridine rings is 1. The zero-order valence-electron chi connectivity index (χ0n) is 21.0. The number of esters is 1. The highest BCUT2D eigenvalue weighted by Crippen LogP contribution is 2.32. The second kappa shape index (κ2) is 10.8. The fourth-order valence-corrected chi connectivity index (χ4v) is 4.95. The molecule has 4 aromatic rings. The van der Waals surface area contributed by atoms with Gasteiger partial charge in [0.1, 0.15) is 5.69 Å². The van der Waals surface area contributed by atoms with Crippen molar-refractivity contribution in [2.24, 2.45) is 0 Å². The van der Waals surface area contributed by atoms with Gasteiger partial charge in [0.25, 0.3) is 11.6 Å². The summed E-state index contributed by atoms with van der Waals surface area (Å²) in [5.41, 5.74) is 3.84. The number of nitro benzene ring substituents is 1. The molecular weight excluding hydrogens is 482 g/mol. The molecule has 0 radical (unpaired) electrons. The molecule has 1 atom stereocenters. The number of benzene rings is 3. The second-order valence-electron chi connectivity index (χ2n) is 9.45. The number of rotatable bonds is 6. The van der Waals surface area contributed by atoms with Gasteiger partial charge in [-0.05, 0) is 55.9 Å². The Morgan fingerprint density at radius 3 is 2.50 bits per heavy atom. The lowest BCUT2D eigenvalue weighted by atomic mass is 9.97. The molecule has 1 N–H and O–H groups in total. The summed E-state index contributed by atoms with van der Waals surface area (Å²) in [7, 11) is 0. The topological polar surface area (TPSA) is 111 Å². The molecule has 0 aliphatic heterocycles. The second-order valence-corrected chi connectivity index (χ2v) is 9.45. The summed E-state index contributed by atoms with van der Waals surface area (Å²) in [6.45, 7) is 1.73. The molecule has 0 fully saturated rings. The third-order valence-electron chi connectivity index (χ3n) is 6.80. The van der Waals surface area contributed by atoms with Gasteiger partial charge < -0.3 is 10.1 Å². The zero-order valence-corrected chi connectivity index (χ0v) is 21.0. The minimum absolute atomic E-state index is 0.0332. The number of aryl methyl sites for hydroxylation is 2. The molecule has 5 rings (SSSR count). The van der Waals surface area contributed by atoms with Crippen LogP contribution < -0.4 is 5.32 Å². The third kappa shape index (κ3) is 5.11. The normalized spacial score (nSPS) is 13.7. The van der Waals surface area contributed by atoms with Crippen molar-refractivity contribution < 1.29 is 19.2 Å². The van der Waals surface area contributed by atoms with Gasteiger partial charge in [0, 0.05) is 22.7 Å². The molecule has 3 aromatic carbocycles. The van der Waals surface area contributed by atoms with E-state index in [0.717, 1.165) is 36.9 Å². The molecule has 1 aliphatic carbocycles. The number of hydrogen-bond acceptors (Lipinski definition) is 6. The predicted molar refractivity (Wildman–Crippen MR) is 144 cm³/mol. The lowest BCUT2D eigenvalue weighted by Gasteiger charge is -2.20. The Labute approximate surface area is 219 Å². The number of carbonyl (C=O) groups excluding carboxylic acids is 2. The van der Waals surface area contributed by atoms with E-state index < -0.39 is 22.9 Å². The standard InChI is InChI=1S/C30H27N3O5/c1-19-16-17-25(26(18-19)33(36)37)32-29(34)28(20-10-4-2-5-11-20)38-30(35)27-21-12-6-3-7-14-23(21)31-24-15-9-8-13-22(24)27/h2,4-5,8-11,13,15-18,28H,3,6-7,12,14H2,1H3,(H,32,34)/t28-/m1/s1. The number of fused-ring (bicyclic) bond motifs is 2. The van der Waals surface area contributed by atoms with E-state index in [1.807, 2.05) is 24.3 Å². The van der Waals surface area contributed by atoms with Crippen LogP contribution in [0.2, 0.25) is 0 Å². The number of amides is 1. The number of nitro groups is 1. The fraction of sp³-hybridized carbons (Fsp3) is 0.233. The van der Waals surface area contributed by atoms with Crippen LogP contribution in [0, 0.1) is 17.0 Å². The van der Waals surface area contributed by atoms with E-state index >= 15 is 0 Å². The van der Waals surface area contributed by atoms with Crippen molar-refractivity contribution in [2.45, 2.75) is 45.1 Å². The van der Waals surface area contributed by atoms with Crippen LogP contribution in [0.15, 0.2) is 72.8 Å². The molecule has 0 unspecified atom stereocenters. The van der Waals surface area contributed by atoms with E-state index in [2.05, 4.69) is 5.32 Å². The Balaban J connectivity index is 1.54. The molecule has 192 valence electrons. The van der Waals surface area contributed by atoms with Crippen LogP contribution in [-0.2, 0) is 22.4 Å². The Morgan fingerprint density at radius 1 is 0.974 bits per heavy atom. The molecule has 1 aromatic heterocycles. The molecule has 8 nitrogen and oxygen atoms in total. The van der Waals surface area contributed by atoms with Crippen LogP contribution in [0.5, 0.6) is 0 Å². The first kappa shape index (κ1) is 25.1. The highest BCUT2D eigenvalue weighted by Gasteiger charge is 2.30. The van der Waals surface area contributed by atoms with Crippen LogP contribution in [0.4, 0.5) is 11.4 Å². The number of hydrogen-bond donors (Lipinski definition) is 1. The van der Waals surface area contributed by atoms with Crippen molar-refractivity contribution in [3.8, 4) is 0 Å². The minimum atomic E-state index is -1.32. The van der Waals surface area contributed by atoms with Gasteiger partial charge in [0.05, 0.1) is 16.0 Å². The summed E-state index contributed by atoms with van der Waals surface area (Å²) >= 11 is 0. The number of para-hydroxylation sites is 1. The summed E-state index contributed by atoms with van der Waals surface area (Å²) in [4.78, 5) is 43.3. The predicted octanol–water partition coefficient (Wildman–Crippen LogP) is 6.26. The van der Waals surface area contributed by atoms with Crippen LogP contribution in [0.3, 0.4) is 0 Å². The molecule has 0 spiro atoms. The highest BCUT2D eigenvalue weighted by atomic mass is 16.6. The Kier molecular flexibility index (Phi) is 7.13. The van der Waals surface area contributed by atoms with E-state index in [9.17, 15) is 19.7 Å². The highest BCUT2D eigenvalue weighted by molar-refractivity contribution is 6.06. The fourth-order valence-electron chi connectivity index (χ4n) is 4.95. The van der Waals surface area contributed by atoms with Crippen molar-refractivity contribution in [3.05, 3.63) is 111 Å². The quantitative estimate of drug-likeness (QED) is 0.142. The minimum Gasteiger partial charge on any atom is -0.444 e.